The normalized spacial score (nSPS) is 20.3. The lowest BCUT2D eigenvalue weighted by Gasteiger charge is -2.38. The molecule has 0 saturated carbocycles. The second-order valence-electron chi connectivity index (χ2n) is 4.81. The van der Waals surface area contributed by atoms with Crippen LogP contribution in [-0.2, 0) is 9.53 Å². The second-order valence-corrected chi connectivity index (χ2v) is 5.13. The average molecular weight is 231 g/mol. The molecule has 0 spiro atoms. The van der Waals surface area contributed by atoms with Crippen LogP contribution in [0.1, 0.15) is 26.7 Å². The maximum Gasteiger partial charge on any atom is 0.316 e. The molecule has 0 N–H and O–H groups in total. The van der Waals surface area contributed by atoms with Crippen LogP contribution in [-0.4, -0.2) is 42.4 Å². The highest BCUT2D eigenvalue weighted by Crippen LogP contribution is 2.30. The van der Waals surface area contributed by atoms with E-state index in [9.17, 15) is 4.79 Å². The van der Waals surface area contributed by atoms with Crippen LogP contribution in [0.3, 0.4) is 0 Å². The Morgan fingerprint density at radius 3 is 2.47 bits per heavy atom. The van der Waals surface area contributed by atoms with E-state index in [2.05, 4.69) is 24.6 Å². The van der Waals surface area contributed by atoms with Gasteiger partial charge in [-0.25, -0.2) is 0 Å². The van der Waals surface area contributed by atoms with Gasteiger partial charge in [0.1, 0.15) is 5.60 Å². The maximum absolute atomic E-state index is 11.2. The molecule has 0 radical (unpaired) electrons. The molecule has 15 heavy (non-hydrogen) atoms. The first-order chi connectivity index (χ1) is 6.95. The fourth-order valence-corrected chi connectivity index (χ4v) is 2.18. The zero-order valence-corrected chi connectivity index (χ0v) is 10.7. The first-order valence-electron chi connectivity index (χ1n) is 5.47. The fraction of sp³-hybridized carbons (Fsp3) is 0.909. The van der Waals surface area contributed by atoms with E-state index >= 15 is 0 Å². The van der Waals surface area contributed by atoms with Crippen LogP contribution in [0.25, 0.3) is 0 Å². The quantitative estimate of drug-likeness (QED) is 0.591. The number of thiol groups is 1. The molecule has 0 bridgehead atoms. The second kappa shape index (κ2) is 5.21. The number of likely N-dealkylation sites (tertiary alicyclic amines) is 1. The third-order valence-electron chi connectivity index (χ3n) is 3.21. The van der Waals surface area contributed by atoms with Gasteiger partial charge < -0.3 is 9.64 Å². The van der Waals surface area contributed by atoms with Gasteiger partial charge in [-0.15, -0.1) is 0 Å². The van der Waals surface area contributed by atoms with Gasteiger partial charge in [0, 0.05) is 5.92 Å². The molecule has 88 valence electrons. The lowest BCUT2D eigenvalue weighted by Crippen LogP contribution is -2.43. The molecule has 4 heteroatoms. The highest BCUT2D eigenvalue weighted by atomic mass is 32.1. The van der Waals surface area contributed by atoms with Crippen LogP contribution in [0.4, 0.5) is 0 Å². The molecule has 0 amide bonds. The van der Waals surface area contributed by atoms with Gasteiger partial charge in [0.25, 0.3) is 0 Å². The molecule has 1 rings (SSSR count). The summed E-state index contributed by atoms with van der Waals surface area (Å²) in [4.78, 5) is 13.5. The molecule has 1 heterocycles. The minimum atomic E-state index is -0.346. The van der Waals surface area contributed by atoms with Crippen LogP contribution in [0.15, 0.2) is 0 Å². The summed E-state index contributed by atoms with van der Waals surface area (Å²) in [6, 6.07) is 0. The average Bonchev–Trinajstić information content (AvgIpc) is 2.17. The minimum Gasteiger partial charge on any atom is -0.459 e. The number of carbonyl (C=O) groups excluding carboxylic acids is 1. The summed E-state index contributed by atoms with van der Waals surface area (Å²) in [5.41, 5.74) is -0.346. The number of hydrogen-bond acceptors (Lipinski definition) is 4. The third-order valence-corrected chi connectivity index (χ3v) is 3.47. The Labute approximate surface area is 97.6 Å². The largest absolute Gasteiger partial charge is 0.459 e. The predicted molar refractivity (Wildman–Crippen MR) is 64.2 cm³/mol. The van der Waals surface area contributed by atoms with Crippen LogP contribution in [0, 0.1) is 5.92 Å². The summed E-state index contributed by atoms with van der Waals surface area (Å²) in [5, 5.41) is 0. The van der Waals surface area contributed by atoms with Crippen molar-refractivity contribution in [1.29, 1.82) is 0 Å². The summed E-state index contributed by atoms with van der Waals surface area (Å²) in [6.45, 7) is 6.19. The summed E-state index contributed by atoms with van der Waals surface area (Å²) < 4.78 is 5.43. The SMILES string of the molecule is CN1CCC(C(C)(C)OC(=O)CS)CC1. The first-order valence-corrected chi connectivity index (χ1v) is 6.10. The van der Waals surface area contributed by atoms with E-state index in [1.165, 1.54) is 0 Å². The molecular formula is C11H21NO2S. The molecule has 0 aromatic rings. The zero-order chi connectivity index (χ0) is 11.5. The van der Waals surface area contributed by atoms with Crippen molar-refractivity contribution < 1.29 is 9.53 Å². The Hall–Kier alpha value is -0.220. The molecule has 0 aliphatic carbocycles. The number of carbonyl (C=O) groups is 1. The van der Waals surface area contributed by atoms with Crippen molar-refractivity contribution >= 4 is 18.6 Å². The van der Waals surface area contributed by atoms with Crippen LogP contribution >= 0.6 is 12.6 Å². The lowest BCUT2D eigenvalue weighted by molar-refractivity contribution is -0.160. The summed E-state index contributed by atoms with van der Waals surface area (Å²) in [7, 11) is 2.13. The van der Waals surface area contributed by atoms with E-state index in [4.69, 9.17) is 4.74 Å². The molecule has 0 unspecified atom stereocenters. The fourth-order valence-electron chi connectivity index (χ4n) is 2.11. The first kappa shape index (κ1) is 12.8. The Kier molecular flexibility index (Phi) is 4.46. The Bertz CT molecular complexity index is 223. The van der Waals surface area contributed by atoms with Crippen molar-refractivity contribution in [2.24, 2.45) is 5.92 Å². The number of hydrogen-bond donors (Lipinski definition) is 1. The van der Waals surface area contributed by atoms with Crippen molar-refractivity contribution in [3.05, 3.63) is 0 Å². The van der Waals surface area contributed by atoms with Crippen molar-refractivity contribution in [2.75, 3.05) is 25.9 Å². The van der Waals surface area contributed by atoms with E-state index in [1.54, 1.807) is 0 Å². The van der Waals surface area contributed by atoms with Gasteiger partial charge in [0.2, 0.25) is 0 Å². The van der Waals surface area contributed by atoms with Crippen molar-refractivity contribution in [3.63, 3.8) is 0 Å². The molecule has 0 aromatic carbocycles. The zero-order valence-electron chi connectivity index (χ0n) is 9.82. The summed E-state index contributed by atoms with van der Waals surface area (Å²) in [6.07, 6.45) is 2.20. The predicted octanol–water partition coefficient (Wildman–Crippen LogP) is 1.58. The minimum absolute atomic E-state index is 0.163. The highest BCUT2D eigenvalue weighted by Gasteiger charge is 2.34. The molecule has 1 fully saturated rings. The van der Waals surface area contributed by atoms with E-state index in [0.29, 0.717) is 5.92 Å². The van der Waals surface area contributed by atoms with Gasteiger partial charge >= 0.3 is 5.97 Å². The molecule has 0 atom stereocenters. The van der Waals surface area contributed by atoms with Gasteiger partial charge in [0.15, 0.2) is 0 Å². The highest BCUT2D eigenvalue weighted by molar-refractivity contribution is 7.81. The van der Waals surface area contributed by atoms with Gasteiger partial charge in [-0.3, -0.25) is 4.79 Å². The van der Waals surface area contributed by atoms with Gasteiger partial charge in [-0.2, -0.15) is 12.6 Å². The molecule has 0 aromatic heterocycles. The maximum atomic E-state index is 11.2. The summed E-state index contributed by atoms with van der Waals surface area (Å²) >= 11 is 3.92. The number of ether oxygens (including phenoxy) is 1. The number of rotatable bonds is 3. The van der Waals surface area contributed by atoms with Crippen LogP contribution in [0.2, 0.25) is 0 Å². The molecular weight excluding hydrogens is 210 g/mol. The number of esters is 1. The van der Waals surface area contributed by atoms with E-state index in [-0.39, 0.29) is 17.3 Å². The van der Waals surface area contributed by atoms with E-state index < -0.39 is 0 Å². The van der Waals surface area contributed by atoms with Gasteiger partial charge in [-0.05, 0) is 46.8 Å². The Morgan fingerprint density at radius 1 is 1.47 bits per heavy atom. The van der Waals surface area contributed by atoms with Crippen LogP contribution < -0.4 is 0 Å². The molecule has 3 nitrogen and oxygen atoms in total. The Balaban J connectivity index is 2.49. The standard InChI is InChI=1S/C11H21NO2S/c1-11(2,14-10(13)8-15)9-4-6-12(3)7-5-9/h9,15H,4-8H2,1-3H3. The van der Waals surface area contributed by atoms with Crippen molar-refractivity contribution in [1.82, 2.24) is 4.90 Å². The number of piperidine rings is 1. The van der Waals surface area contributed by atoms with Crippen molar-refractivity contribution in [3.8, 4) is 0 Å². The topological polar surface area (TPSA) is 29.5 Å². The van der Waals surface area contributed by atoms with E-state index in [0.717, 1.165) is 25.9 Å². The molecule has 1 aliphatic rings. The van der Waals surface area contributed by atoms with Gasteiger partial charge in [0.05, 0.1) is 5.75 Å². The van der Waals surface area contributed by atoms with Gasteiger partial charge in [-0.1, -0.05) is 0 Å². The Morgan fingerprint density at radius 2 is 2.00 bits per heavy atom. The van der Waals surface area contributed by atoms with E-state index in [1.807, 2.05) is 13.8 Å². The third kappa shape index (κ3) is 3.68. The monoisotopic (exact) mass is 231 g/mol. The van der Waals surface area contributed by atoms with Crippen LogP contribution in [0.5, 0.6) is 0 Å². The molecule has 1 aliphatic heterocycles. The molecule has 1 saturated heterocycles. The summed E-state index contributed by atoms with van der Waals surface area (Å²) in [5.74, 6) is 0.413. The smallest absolute Gasteiger partial charge is 0.316 e. The number of nitrogens with zero attached hydrogens (tertiary/aromatic N) is 1. The lowest BCUT2D eigenvalue weighted by atomic mass is 9.83. The van der Waals surface area contributed by atoms with Crippen molar-refractivity contribution in [2.45, 2.75) is 32.3 Å².